The first-order valence-electron chi connectivity index (χ1n) is 12.6. The third-order valence-electron chi connectivity index (χ3n) is 6.64. The van der Waals surface area contributed by atoms with Crippen molar-refractivity contribution in [2.75, 3.05) is 24.8 Å². The van der Waals surface area contributed by atoms with Crippen molar-refractivity contribution in [3.8, 4) is 5.88 Å². The molecule has 0 aromatic carbocycles. The summed E-state index contributed by atoms with van der Waals surface area (Å²) in [6.07, 6.45) is 6.31. The third-order valence-corrected chi connectivity index (χ3v) is 7.69. The first-order valence-corrected chi connectivity index (χ1v) is 13.6. The van der Waals surface area contributed by atoms with Crippen LogP contribution in [0.2, 0.25) is 0 Å². The molecule has 0 aliphatic carbocycles. The van der Waals surface area contributed by atoms with E-state index in [0.717, 1.165) is 40.0 Å². The summed E-state index contributed by atoms with van der Waals surface area (Å²) in [5.41, 5.74) is 3.24. The van der Waals surface area contributed by atoms with E-state index in [2.05, 4.69) is 25.6 Å². The normalized spacial score (nSPS) is 22.3. The molecule has 2 aliphatic heterocycles. The minimum absolute atomic E-state index is 0.0321. The van der Waals surface area contributed by atoms with E-state index in [9.17, 15) is 15.0 Å². The van der Waals surface area contributed by atoms with E-state index in [1.54, 1.807) is 19.4 Å². The smallest absolute Gasteiger partial charge is 0.235 e. The van der Waals surface area contributed by atoms with Gasteiger partial charge in [-0.2, -0.15) is 0 Å². The Balaban J connectivity index is 1.26. The van der Waals surface area contributed by atoms with Gasteiger partial charge >= 0.3 is 0 Å². The lowest BCUT2D eigenvalue weighted by Gasteiger charge is -2.37. The van der Waals surface area contributed by atoms with Crippen molar-refractivity contribution < 1.29 is 24.5 Å². The molecule has 10 nitrogen and oxygen atoms in total. The van der Waals surface area contributed by atoms with E-state index in [-0.39, 0.29) is 30.8 Å². The van der Waals surface area contributed by atoms with Gasteiger partial charge in [-0.1, -0.05) is 12.2 Å². The van der Waals surface area contributed by atoms with Crippen LogP contribution in [0.1, 0.15) is 30.5 Å². The molecule has 2 aliphatic rings. The Morgan fingerprint density at radius 1 is 1.26 bits per heavy atom. The van der Waals surface area contributed by atoms with E-state index in [1.165, 1.54) is 11.8 Å². The largest absolute Gasteiger partial charge is 0.481 e. The number of amides is 1. The molecule has 1 fully saturated rings. The number of ether oxygens (including phenoxy) is 2. The van der Waals surface area contributed by atoms with Gasteiger partial charge < -0.3 is 30.3 Å². The van der Waals surface area contributed by atoms with Crippen molar-refractivity contribution in [1.29, 1.82) is 0 Å². The molecule has 38 heavy (non-hydrogen) atoms. The highest BCUT2D eigenvalue weighted by molar-refractivity contribution is 8.00. The number of anilines is 1. The molecular formula is C27H31N5O5S. The lowest BCUT2D eigenvalue weighted by Crippen LogP contribution is -2.48. The van der Waals surface area contributed by atoms with Crippen LogP contribution < -0.4 is 15.4 Å². The summed E-state index contributed by atoms with van der Waals surface area (Å²) in [6, 6.07) is 9.45. The minimum atomic E-state index is -0.873. The second-order valence-corrected chi connectivity index (χ2v) is 10.3. The standard InChI is InChI=1S/C27H31N5O5S/c1-36-25-9-7-21-26(32-25)16(10-11-28-21)2-4-19-5-6-20(22(37-19)12-18(34)14-33)29-13-17-3-8-23-27(30-17)31-24(35)15-38-23/h2-4,7-11,18-20,22,29,33-34H,5-6,12-15H2,1H3,(H,30,31,35)/t18-,19+,20+,22+/m0/s1. The fourth-order valence-corrected chi connectivity index (χ4v) is 5.44. The number of pyridine rings is 3. The van der Waals surface area contributed by atoms with Gasteiger partial charge in [-0.05, 0) is 37.1 Å². The molecule has 1 saturated heterocycles. The van der Waals surface area contributed by atoms with Crippen molar-refractivity contribution in [3.05, 3.63) is 53.9 Å². The van der Waals surface area contributed by atoms with Gasteiger partial charge in [0, 0.05) is 36.8 Å². The number of nitrogens with one attached hydrogen (secondary N) is 2. The monoisotopic (exact) mass is 537 g/mol. The number of carbonyl (C=O) groups excluding carboxylic acids is 1. The van der Waals surface area contributed by atoms with Gasteiger partial charge in [0.1, 0.15) is 5.82 Å². The Morgan fingerprint density at radius 3 is 3.00 bits per heavy atom. The number of carbonyl (C=O) groups is 1. The molecule has 11 heteroatoms. The van der Waals surface area contributed by atoms with Crippen molar-refractivity contribution in [1.82, 2.24) is 20.3 Å². The Bertz CT molecular complexity index is 1320. The lowest BCUT2D eigenvalue weighted by atomic mass is 9.94. The maximum Gasteiger partial charge on any atom is 0.235 e. The van der Waals surface area contributed by atoms with Gasteiger partial charge in [-0.3, -0.25) is 9.78 Å². The average Bonchev–Trinajstić information content (AvgIpc) is 2.94. The first kappa shape index (κ1) is 26.5. The maximum atomic E-state index is 11.7. The van der Waals surface area contributed by atoms with E-state index in [0.29, 0.717) is 30.4 Å². The number of methoxy groups -OCH3 is 1. The molecule has 4 atom stereocenters. The van der Waals surface area contributed by atoms with Gasteiger partial charge in [-0.25, -0.2) is 9.97 Å². The van der Waals surface area contributed by atoms with E-state index < -0.39 is 6.10 Å². The average molecular weight is 538 g/mol. The Labute approximate surface area is 224 Å². The molecule has 5 rings (SSSR count). The van der Waals surface area contributed by atoms with Crippen LogP contribution in [0.4, 0.5) is 5.82 Å². The van der Waals surface area contributed by atoms with E-state index in [1.807, 2.05) is 36.4 Å². The fourth-order valence-electron chi connectivity index (χ4n) is 4.68. The van der Waals surface area contributed by atoms with Crippen molar-refractivity contribution in [3.63, 3.8) is 0 Å². The number of thioether (sulfide) groups is 1. The summed E-state index contributed by atoms with van der Waals surface area (Å²) < 4.78 is 11.7. The zero-order valence-corrected chi connectivity index (χ0v) is 21.9. The zero-order chi connectivity index (χ0) is 26.5. The molecule has 1 amide bonds. The summed E-state index contributed by atoms with van der Waals surface area (Å²) in [4.78, 5) is 26.2. The fraction of sp³-hybridized carbons (Fsp3) is 0.407. The molecular weight excluding hydrogens is 506 g/mol. The molecule has 0 radical (unpaired) electrons. The van der Waals surface area contributed by atoms with Crippen molar-refractivity contribution in [2.45, 2.75) is 55.1 Å². The number of hydrogen-bond acceptors (Lipinski definition) is 10. The number of rotatable bonds is 9. The Kier molecular flexibility index (Phi) is 8.50. The van der Waals surface area contributed by atoms with E-state index in [4.69, 9.17) is 9.47 Å². The summed E-state index contributed by atoms with van der Waals surface area (Å²) in [5.74, 6) is 1.47. The predicted molar refractivity (Wildman–Crippen MR) is 145 cm³/mol. The van der Waals surface area contributed by atoms with Crippen LogP contribution >= 0.6 is 11.8 Å². The molecule has 0 spiro atoms. The van der Waals surface area contributed by atoms with Gasteiger partial charge in [0.05, 0.1) is 59.4 Å². The van der Waals surface area contributed by atoms with Crippen LogP contribution in [-0.4, -0.2) is 74.9 Å². The number of aromatic nitrogens is 3. The maximum absolute atomic E-state index is 11.7. The van der Waals surface area contributed by atoms with Crippen LogP contribution in [0, 0.1) is 0 Å². The van der Waals surface area contributed by atoms with Gasteiger partial charge in [0.15, 0.2) is 0 Å². The SMILES string of the molecule is COc1ccc2nccc(C=C[C@@H]3CC[C@@H](NCc4ccc5c(n4)NC(=O)CS5)[C@@H](C[C@H](O)CO)O3)c2n1. The Hall–Kier alpha value is -3.09. The molecule has 3 aromatic rings. The van der Waals surface area contributed by atoms with Gasteiger partial charge in [0.2, 0.25) is 11.8 Å². The highest BCUT2D eigenvalue weighted by Gasteiger charge is 2.31. The zero-order valence-electron chi connectivity index (χ0n) is 21.0. The topological polar surface area (TPSA) is 139 Å². The van der Waals surface area contributed by atoms with Crippen LogP contribution in [0.15, 0.2) is 47.5 Å². The molecule has 3 aromatic heterocycles. The molecule has 0 unspecified atom stereocenters. The van der Waals surface area contributed by atoms with Crippen LogP contribution in [0.25, 0.3) is 17.1 Å². The number of fused-ring (bicyclic) bond motifs is 2. The van der Waals surface area contributed by atoms with Crippen LogP contribution in [-0.2, 0) is 16.1 Å². The van der Waals surface area contributed by atoms with Gasteiger partial charge in [-0.15, -0.1) is 11.8 Å². The summed E-state index contributed by atoms with van der Waals surface area (Å²) >= 11 is 1.48. The molecule has 4 N–H and O–H groups in total. The number of nitrogens with zero attached hydrogens (tertiary/aromatic N) is 3. The number of aliphatic hydroxyl groups excluding tert-OH is 2. The molecule has 0 saturated carbocycles. The molecule has 0 bridgehead atoms. The second kappa shape index (κ2) is 12.2. The minimum Gasteiger partial charge on any atom is -0.481 e. The quantitative estimate of drug-likeness (QED) is 0.322. The third kappa shape index (κ3) is 6.30. The highest BCUT2D eigenvalue weighted by Crippen LogP contribution is 2.30. The van der Waals surface area contributed by atoms with E-state index >= 15 is 0 Å². The summed E-state index contributed by atoms with van der Waals surface area (Å²) in [7, 11) is 1.58. The summed E-state index contributed by atoms with van der Waals surface area (Å²) in [6.45, 7) is 0.165. The summed E-state index contributed by atoms with van der Waals surface area (Å²) in [5, 5.41) is 26.0. The molecule has 200 valence electrons. The number of hydrogen-bond donors (Lipinski definition) is 4. The van der Waals surface area contributed by atoms with Crippen LogP contribution in [0.3, 0.4) is 0 Å². The second-order valence-electron chi connectivity index (χ2n) is 9.32. The van der Waals surface area contributed by atoms with Gasteiger partial charge in [0.25, 0.3) is 0 Å². The number of aliphatic hydroxyl groups is 2. The van der Waals surface area contributed by atoms with Crippen molar-refractivity contribution in [2.24, 2.45) is 0 Å². The van der Waals surface area contributed by atoms with Crippen molar-refractivity contribution >= 4 is 40.6 Å². The van der Waals surface area contributed by atoms with Crippen LogP contribution in [0.5, 0.6) is 5.88 Å². The first-order chi connectivity index (χ1) is 18.5. The molecule has 5 heterocycles. The highest BCUT2D eigenvalue weighted by atomic mass is 32.2. The predicted octanol–water partition coefficient (Wildman–Crippen LogP) is 2.54. The lowest BCUT2D eigenvalue weighted by molar-refractivity contribution is -0.113. The Morgan fingerprint density at radius 2 is 2.16 bits per heavy atom.